The fraction of sp³-hybridized carbons (Fsp3) is 0.844. The molecule has 2 unspecified atom stereocenters. The van der Waals surface area contributed by atoms with Gasteiger partial charge in [0.15, 0.2) is 12.2 Å². The highest BCUT2D eigenvalue weighted by molar-refractivity contribution is 7.47. The molecule has 562 valence electrons. The number of hydrogen-bond acceptors (Lipinski definition) is 15. The van der Waals surface area contributed by atoms with Crippen LogP contribution in [0.4, 0.5) is 0 Å². The van der Waals surface area contributed by atoms with Crippen molar-refractivity contribution in [3.63, 3.8) is 0 Å². The fourth-order valence-electron chi connectivity index (χ4n) is 10.7. The van der Waals surface area contributed by atoms with Crippen LogP contribution in [0.2, 0.25) is 0 Å². The zero-order valence-corrected chi connectivity index (χ0v) is 63.1. The zero-order valence-electron chi connectivity index (χ0n) is 61.3. The summed E-state index contributed by atoms with van der Waals surface area (Å²) in [5, 5.41) is 10.6. The fourth-order valence-corrected chi connectivity index (χ4v) is 12.3. The third kappa shape index (κ3) is 69.5. The number of ether oxygens (including phenoxy) is 4. The number of phosphoric ester groups is 2. The number of phosphoric acid groups is 2. The van der Waals surface area contributed by atoms with Gasteiger partial charge < -0.3 is 33.8 Å². The molecule has 0 aliphatic rings. The predicted octanol–water partition coefficient (Wildman–Crippen LogP) is 22.1. The van der Waals surface area contributed by atoms with Crippen molar-refractivity contribution >= 4 is 39.5 Å². The van der Waals surface area contributed by atoms with E-state index in [0.717, 1.165) is 154 Å². The van der Waals surface area contributed by atoms with Crippen LogP contribution in [0.5, 0.6) is 0 Å². The lowest BCUT2D eigenvalue weighted by Gasteiger charge is -2.21. The van der Waals surface area contributed by atoms with E-state index >= 15 is 0 Å². The molecule has 0 spiro atoms. The molecular weight excluding hydrogens is 1260 g/mol. The maximum absolute atomic E-state index is 13.1. The molecule has 0 amide bonds. The molecule has 0 saturated carbocycles. The first kappa shape index (κ1) is 93.0. The summed E-state index contributed by atoms with van der Waals surface area (Å²) in [7, 11) is -9.94. The Balaban J connectivity index is 5.32. The average molecular weight is 1400 g/mol. The van der Waals surface area contributed by atoms with Crippen molar-refractivity contribution in [2.75, 3.05) is 39.6 Å². The highest BCUT2D eigenvalue weighted by Crippen LogP contribution is 2.45. The molecule has 5 atom stereocenters. The number of aliphatic hydroxyl groups excluding tert-OH is 1. The minimum absolute atomic E-state index is 0.0884. The smallest absolute Gasteiger partial charge is 0.462 e. The summed E-state index contributed by atoms with van der Waals surface area (Å²) in [6.45, 7) is 4.85. The Morgan fingerprint density at radius 3 is 0.729 bits per heavy atom. The van der Waals surface area contributed by atoms with Crippen molar-refractivity contribution in [1.29, 1.82) is 0 Å². The average Bonchev–Trinajstić information content (AvgIpc) is 1.17. The van der Waals surface area contributed by atoms with Gasteiger partial charge in [0.05, 0.1) is 26.4 Å². The van der Waals surface area contributed by atoms with Crippen LogP contribution in [0.25, 0.3) is 0 Å². The van der Waals surface area contributed by atoms with Gasteiger partial charge in [-0.05, 0) is 128 Å². The van der Waals surface area contributed by atoms with Crippen LogP contribution < -0.4 is 0 Å². The third-order valence-electron chi connectivity index (χ3n) is 16.7. The molecule has 0 aromatic heterocycles. The molecule has 0 fully saturated rings. The Morgan fingerprint density at radius 2 is 0.479 bits per heavy atom. The summed E-state index contributed by atoms with van der Waals surface area (Å²) in [4.78, 5) is 72.8. The van der Waals surface area contributed by atoms with Crippen molar-refractivity contribution in [3.05, 3.63) is 48.6 Å². The normalized spacial score (nSPS) is 14.2. The van der Waals surface area contributed by atoms with Gasteiger partial charge in [-0.2, -0.15) is 0 Å². The molecule has 96 heavy (non-hydrogen) atoms. The maximum Gasteiger partial charge on any atom is 0.472 e. The lowest BCUT2D eigenvalue weighted by molar-refractivity contribution is -0.161. The molecular formula is C77H142O17P2. The van der Waals surface area contributed by atoms with Gasteiger partial charge in [0.1, 0.15) is 19.3 Å². The predicted molar refractivity (Wildman–Crippen MR) is 390 cm³/mol. The lowest BCUT2D eigenvalue weighted by atomic mass is 10.1. The Kier molecular flexibility index (Phi) is 68.3. The van der Waals surface area contributed by atoms with Crippen molar-refractivity contribution in [2.24, 2.45) is 0 Å². The molecule has 19 heteroatoms. The van der Waals surface area contributed by atoms with Crippen LogP contribution in [-0.2, 0) is 65.4 Å². The number of carbonyl (C=O) groups is 4. The minimum atomic E-state index is -4.97. The van der Waals surface area contributed by atoms with Gasteiger partial charge in [-0.25, -0.2) is 9.13 Å². The first-order chi connectivity index (χ1) is 46.7. The van der Waals surface area contributed by atoms with Crippen molar-refractivity contribution in [1.82, 2.24) is 0 Å². The van der Waals surface area contributed by atoms with Crippen molar-refractivity contribution in [2.45, 2.75) is 380 Å². The van der Waals surface area contributed by atoms with Gasteiger partial charge in [0.2, 0.25) is 0 Å². The van der Waals surface area contributed by atoms with E-state index in [1.165, 1.54) is 128 Å². The molecule has 0 heterocycles. The number of esters is 4. The quantitative estimate of drug-likeness (QED) is 0.0169. The number of carbonyl (C=O) groups excluding carboxylic acids is 4. The standard InChI is InChI=1S/C77H142O17P2/c1-5-9-13-17-21-25-29-33-35-39-42-46-50-54-58-62-75(80)88-68-72(93-76(81)63-59-55-51-47-43-38-32-28-24-20-16-12-8-4)69-91-95(83,84)89-65-71(78)66-90-96(85,86)92-70-73(67-87-74(79)61-57-53-49-45-41-37-31-27-23-19-15-11-7-3)94-77(82)64-60-56-52-48-44-40-36-34-30-26-22-18-14-10-6-2/h25,27-29,31-32,34,36,71-73,78H,5-24,26,30,33,35,37-70H2,1-4H3,(H,83,84)(H,85,86)/b29-25-,31-27-,32-28-,36-34-/t71-,72-,73-/m1/s1. The Morgan fingerprint density at radius 1 is 0.281 bits per heavy atom. The van der Waals surface area contributed by atoms with Crippen LogP contribution in [0.15, 0.2) is 48.6 Å². The molecule has 0 bridgehead atoms. The summed E-state index contributed by atoms with van der Waals surface area (Å²) >= 11 is 0. The largest absolute Gasteiger partial charge is 0.472 e. The number of unbranched alkanes of at least 4 members (excludes halogenated alkanes) is 40. The first-order valence-corrected chi connectivity index (χ1v) is 41.9. The minimum Gasteiger partial charge on any atom is -0.462 e. The van der Waals surface area contributed by atoms with Crippen molar-refractivity contribution in [3.8, 4) is 0 Å². The maximum atomic E-state index is 13.1. The van der Waals surface area contributed by atoms with E-state index in [1.54, 1.807) is 0 Å². The summed E-state index contributed by atoms with van der Waals surface area (Å²) in [5.74, 6) is -2.18. The molecule has 0 rings (SSSR count). The lowest BCUT2D eigenvalue weighted by Crippen LogP contribution is -2.30. The first-order valence-electron chi connectivity index (χ1n) is 38.9. The van der Waals surface area contributed by atoms with Crippen LogP contribution in [-0.4, -0.2) is 96.7 Å². The highest BCUT2D eigenvalue weighted by atomic mass is 31.2. The Bertz CT molecular complexity index is 2010. The second-order valence-electron chi connectivity index (χ2n) is 26.3. The van der Waals surface area contributed by atoms with Crippen LogP contribution in [0.1, 0.15) is 362 Å². The number of aliphatic hydroxyl groups is 1. The zero-order chi connectivity index (χ0) is 70.4. The molecule has 0 radical (unpaired) electrons. The van der Waals surface area contributed by atoms with E-state index in [2.05, 4.69) is 76.3 Å². The van der Waals surface area contributed by atoms with E-state index in [-0.39, 0.29) is 25.7 Å². The van der Waals surface area contributed by atoms with E-state index in [4.69, 9.17) is 37.0 Å². The summed E-state index contributed by atoms with van der Waals surface area (Å²) in [6, 6.07) is 0. The molecule has 0 aliphatic heterocycles. The second-order valence-corrected chi connectivity index (χ2v) is 29.2. The third-order valence-corrected chi connectivity index (χ3v) is 18.6. The number of allylic oxidation sites excluding steroid dienone is 8. The molecule has 0 saturated heterocycles. The van der Waals surface area contributed by atoms with E-state index < -0.39 is 97.5 Å². The van der Waals surface area contributed by atoms with Gasteiger partial charge in [-0.15, -0.1) is 0 Å². The van der Waals surface area contributed by atoms with E-state index in [1.807, 2.05) is 0 Å². The van der Waals surface area contributed by atoms with E-state index in [0.29, 0.717) is 25.7 Å². The molecule has 3 N–H and O–H groups in total. The van der Waals surface area contributed by atoms with Crippen LogP contribution in [0, 0.1) is 0 Å². The topological polar surface area (TPSA) is 237 Å². The molecule has 17 nitrogen and oxygen atoms in total. The summed E-state index contributed by atoms with van der Waals surface area (Å²) in [6.07, 6.45) is 66.6. The van der Waals surface area contributed by atoms with Crippen LogP contribution >= 0.6 is 15.6 Å². The highest BCUT2D eigenvalue weighted by Gasteiger charge is 2.30. The Labute approximate surface area is 585 Å². The SMILES string of the molecule is CCCCCC/C=C\CCCCCCCCCC(=O)OC[C@H](COP(=O)(O)OC[C@@H](O)COP(=O)(O)OC[C@@H](COC(=O)CCCCCCC/C=C\CCCCCC)OC(=O)CCCCCCC/C=C\CCCCCCCC)OC(=O)CCCCCCC/C=C\CCCCCC. The van der Waals surface area contributed by atoms with E-state index in [9.17, 15) is 43.2 Å². The molecule has 0 aromatic carbocycles. The second kappa shape index (κ2) is 70.5. The Hall–Kier alpha value is -2.98. The van der Waals surface area contributed by atoms with Gasteiger partial charge in [0.25, 0.3) is 0 Å². The summed E-state index contributed by atoms with van der Waals surface area (Å²) in [5.41, 5.74) is 0. The van der Waals surface area contributed by atoms with Crippen molar-refractivity contribution < 1.29 is 80.2 Å². The number of hydrogen-bond donors (Lipinski definition) is 3. The van der Waals surface area contributed by atoms with Gasteiger partial charge >= 0.3 is 39.5 Å². The summed E-state index contributed by atoms with van der Waals surface area (Å²) < 4.78 is 68.5. The number of rotatable bonds is 74. The molecule has 0 aliphatic carbocycles. The monoisotopic (exact) mass is 1400 g/mol. The van der Waals surface area contributed by atoms with Crippen LogP contribution in [0.3, 0.4) is 0 Å². The molecule has 0 aromatic rings. The van der Waals surface area contributed by atoms with Gasteiger partial charge in [-0.3, -0.25) is 37.3 Å². The van der Waals surface area contributed by atoms with Gasteiger partial charge in [0, 0.05) is 25.7 Å². The van der Waals surface area contributed by atoms with Gasteiger partial charge in [-0.1, -0.05) is 256 Å².